The fourth-order valence-electron chi connectivity index (χ4n) is 1.86. The second kappa shape index (κ2) is 5.69. The first-order chi connectivity index (χ1) is 7.56. The van der Waals surface area contributed by atoms with Gasteiger partial charge in [0.05, 0.1) is 19.1 Å². The molecule has 1 heterocycles. The molecule has 92 valence electrons. The first kappa shape index (κ1) is 12.8. The molecule has 0 bridgehead atoms. The number of likely N-dealkylation sites (tertiary alicyclic amines) is 1. The van der Waals surface area contributed by atoms with E-state index in [2.05, 4.69) is 0 Å². The van der Waals surface area contributed by atoms with Gasteiger partial charge >= 0.3 is 12.0 Å². The smallest absolute Gasteiger partial charge is 0.320 e. The molecule has 0 aromatic carbocycles. The molecule has 0 radical (unpaired) electrons. The molecule has 1 unspecified atom stereocenters. The minimum atomic E-state index is -0.917. The summed E-state index contributed by atoms with van der Waals surface area (Å²) >= 11 is 0. The fourth-order valence-corrected chi connectivity index (χ4v) is 1.86. The molecule has 1 fully saturated rings. The number of carboxylic acids is 1. The molecule has 0 aromatic rings. The van der Waals surface area contributed by atoms with Crippen LogP contribution in [0, 0.1) is 0 Å². The van der Waals surface area contributed by atoms with Gasteiger partial charge in [-0.3, -0.25) is 4.79 Å². The highest BCUT2D eigenvalue weighted by molar-refractivity contribution is 5.75. The maximum atomic E-state index is 11.9. The van der Waals surface area contributed by atoms with E-state index in [-0.39, 0.29) is 31.6 Å². The van der Waals surface area contributed by atoms with E-state index in [0.29, 0.717) is 6.54 Å². The van der Waals surface area contributed by atoms with E-state index in [4.69, 9.17) is 10.2 Å². The van der Waals surface area contributed by atoms with Crippen molar-refractivity contribution >= 4 is 12.0 Å². The van der Waals surface area contributed by atoms with E-state index in [0.717, 1.165) is 12.8 Å². The van der Waals surface area contributed by atoms with E-state index in [1.54, 1.807) is 11.9 Å². The van der Waals surface area contributed by atoms with Crippen LogP contribution in [0.1, 0.15) is 19.3 Å². The van der Waals surface area contributed by atoms with Crippen molar-refractivity contribution in [2.75, 3.05) is 26.7 Å². The molecule has 0 aliphatic carbocycles. The quantitative estimate of drug-likeness (QED) is 0.710. The lowest BCUT2D eigenvalue weighted by Crippen LogP contribution is -2.45. The molecule has 1 saturated heterocycles. The number of hydrogen-bond acceptors (Lipinski definition) is 3. The van der Waals surface area contributed by atoms with Crippen molar-refractivity contribution < 1.29 is 19.8 Å². The number of aliphatic hydroxyl groups excluding tert-OH is 1. The third kappa shape index (κ3) is 3.10. The number of carboxylic acid groups (broad SMARTS) is 1. The summed E-state index contributed by atoms with van der Waals surface area (Å²) in [7, 11) is 1.58. The van der Waals surface area contributed by atoms with Crippen molar-refractivity contribution in [3.63, 3.8) is 0 Å². The summed E-state index contributed by atoms with van der Waals surface area (Å²) in [5.74, 6) is -0.917. The molecule has 1 aliphatic rings. The highest BCUT2D eigenvalue weighted by atomic mass is 16.4. The summed E-state index contributed by atoms with van der Waals surface area (Å²) in [6.07, 6.45) is 1.65. The standard InChI is InChI=1S/C10H18N2O4/c1-11(6-4-9(14)15)10(16)12-5-2-3-8(12)7-13/h8,13H,2-7H2,1H3,(H,14,15). The highest BCUT2D eigenvalue weighted by Gasteiger charge is 2.29. The van der Waals surface area contributed by atoms with Crippen LogP contribution in [0.3, 0.4) is 0 Å². The van der Waals surface area contributed by atoms with Crippen molar-refractivity contribution in [2.45, 2.75) is 25.3 Å². The average molecular weight is 230 g/mol. The molecule has 2 N–H and O–H groups in total. The Morgan fingerprint density at radius 1 is 1.50 bits per heavy atom. The molecule has 1 rings (SSSR count). The average Bonchev–Trinajstić information content (AvgIpc) is 2.72. The molecule has 6 heteroatoms. The molecule has 0 spiro atoms. The zero-order chi connectivity index (χ0) is 12.1. The van der Waals surface area contributed by atoms with Gasteiger partial charge in [0.15, 0.2) is 0 Å². The van der Waals surface area contributed by atoms with Gasteiger partial charge in [-0.15, -0.1) is 0 Å². The molecule has 1 atom stereocenters. The number of urea groups is 1. The predicted molar refractivity (Wildman–Crippen MR) is 57.1 cm³/mol. The topological polar surface area (TPSA) is 81.1 Å². The van der Waals surface area contributed by atoms with Crippen LogP contribution in [0.25, 0.3) is 0 Å². The largest absolute Gasteiger partial charge is 0.481 e. The number of carbonyl (C=O) groups excluding carboxylic acids is 1. The van der Waals surface area contributed by atoms with Gasteiger partial charge in [-0.2, -0.15) is 0 Å². The van der Waals surface area contributed by atoms with E-state index in [1.807, 2.05) is 0 Å². The molecule has 1 aliphatic heterocycles. The van der Waals surface area contributed by atoms with Crippen LogP contribution >= 0.6 is 0 Å². The zero-order valence-electron chi connectivity index (χ0n) is 9.43. The van der Waals surface area contributed by atoms with Crippen molar-refractivity contribution in [3.05, 3.63) is 0 Å². The Morgan fingerprint density at radius 2 is 2.19 bits per heavy atom. The van der Waals surface area contributed by atoms with Crippen molar-refractivity contribution in [1.82, 2.24) is 9.80 Å². The van der Waals surface area contributed by atoms with Crippen LogP contribution in [0.4, 0.5) is 4.79 Å². The van der Waals surface area contributed by atoms with Crippen LogP contribution in [-0.4, -0.2) is 64.8 Å². The Morgan fingerprint density at radius 3 is 2.75 bits per heavy atom. The summed E-state index contributed by atoms with van der Waals surface area (Å²) in [4.78, 5) is 25.3. The lowest BCUT2D eigenvalue weighted by atomic mass is 10.2. The molecule has 16 heavy (non-hydrogen) atoms. The molecule has 2 amide bonds. The molecule has 0 aromatic heterocycles. The lowest BCUT2D eigenvalue weighted by Gasteiger charge is -2.28. The monoisotopic (exact) mass is 230 g/mol. The Hall–Kier alpha value is -1.30. The van der Waals surface area contributed by atoms with E-state index in [1.165, 1.54) is 4.90 Å². The third-order valence-corrected chi connectivity index (χ3v) is 2.82. The van der Waals surface area contributed by atoms with Crippen LogP contribution < -0.4 is 0 Å². The summed E-state index contributed by atoms with van der Waals surface area (Å²) in [6, 6.07) is -0.308. The predicted octanol–water partition coefficient (Wildman–Crippen LogP) is -0.0304. The number of rotatable bonds is 4. The molecule has 0 saturated carbocycles. The highest BCUT2D eigenvalue weighted by Crippen LogP contribution is 2.18. The van der Waals surface area contributed by atoms with Gasteiger partial charge in [0.1, 0.15) is 0 Å². The zero-order valence-corrected chi connectivity index (χ0v) is 9.43. The Bertz CT molecular complexity index is 270. The van der Waals surface area contributed by atoms with Crippen molar-refractivity contribution in [2.24, 2.45) is 0 Å². The summed E-state index contributed by atoms with van der Waals surface area (Å²) in [5, 5.41) is 17.6. The number of aliphatic carboxylic acids is 1. The number of hydrogen-bond donors (Lipinski definition) is 2. The van der Waals surface area contributed by atoms with E-state index in [9.17, 15) is 9.59 Å². The number of carbonyl (C=O) groups is 2. The second-order valence-electron chi connectivity index (χ2n) is 4.02. The van der Waals surface area contributed by atoms with Gasteiger partial charge < -0.3 is 20.0 Å². The SMILES string of the molecule is CN(CCC(=O)O)C(=O)N1CCCC1CO. The van der Waals surface area contributed by atoms with Crippen molar-refractivity contribution in [1.29, 1.82) is 0 Å². The minimum absolute atomic E-state index is 0.0293. The van der Waals surface area contributed by atoms with E-state index < -0.39 is 5.97 Å². The van der Waals surface area contributed by atoms with Gasteiger partial charge in [-0.1, -0.05) is 0 Å². The van der Waals surface area contributed by atoms with Crippen LogP contribution in [-0.2, 0) is 4.79 Å². The Labute approximate surface area is 94.4 Å². The normalized spacial score (nSPS) is 19.9. The molecular weight excluding hydrogens is 212 g/mol. The van der Waals surface area contributed by atoms with Gasteiger partial charge in [0, 0.05) is 20.1 Å². The first-order valence-corrected chi connectivity index (χ1v) is 5.40. The maximum Gasteiger partial charge on any atom is 0.320 e. The molecular formula is C10H18N2O4. The summed E-state index contributed by atoms with van der Waals surface area (Å²) < 4.78 is 0. The van der Waals surface area contributed by atoms with Gasteiger partial charge in [0.2, 0.25) is 0 Å². The number of aliphatic hydroxyl groups is 1. The van der Waals surface area contributed by atoms with Gasteiger partial charge in [0.25, 0.3) is 0 Å². The second-order valence-corrected chi connectivity index (χ2v) is 4.02. The Kier molecular flexibility index (Phi) is 4.54. The summed E-state index contributed by atoms with van der Waals surface area (Å²) in [5.41, 5.74) is 0. The van der Waals surface area contributed by atoms with Crippen LogP contribution in [0.15, 0.2) is 0 Å². The fraction of sp³-hybridized carbons (Fsp3) is 0.800. The van der Waals surface area contributed by atoms with Gasteiger partial charge in [-0.25, -0.2) is 4.79 Å². The van der Waals surface area contributed by atoms with Crippen LogP contribution in [0.2, 0.25) is 0 Å². The number of nitrogens with zero attached hydrogens (tertiary/aromatic N) is 2. The first-order valence-electron chi connectivity index (χ1n) is 5.40. The molecule has 6 nitrogen and oxygen atoms in total. The van der Waals surface area contributed by atoms with E-state index >= 15 is 0 Å². The number of amides is 2. The van der Waals surface area contributed by atoms with Gasteiger partial charge in [-0.05, 0) is 12.8 Å². The lowest BCUT2D eigenvalue weighted by molar-refractivity contribution is -0.137. The summed E-state index contributed by atoms with van der Waals surface area (Å²) in [6.45, 7) is 0.808. The Balaban J connectivity index is 2.46. The minimum Gasteiger partial charge on any atom is -0.481 e. The van der Waals surface area contributed by atoms with Crippen molar-refractivity contribution in [3.8, 4) is 0 Å². The third-order valence-electron chi connectivity index (χ3n) is 2.82. The maximum absolute atomic E-state index is 11.9. The van der Waals surface area contributed by atoms with Crippen LogP contribution in [0.5, 0.6) is 0 Å².